The molecule has 0 fully saturated rings. The number of benzene rings is 1. The maximum absolute atomic E-state index is 11.7. The summed E-state index contributed by atoms with van der Waals surface area (Å²) in [6.07, 6.45) is 3.68. The van der Waals surface area contributed by atoms with Crippen molar-refractivity contribution in [2.45, 2.75) is 32.6 Å². The molecule has 98 valence electrons. The number of fused-ring (bicyclic) bond motifs is 1. The number of hydrogen-bond acceptors (Lipinski definition) is 3. The number of unbranched alkanes of at least 4 members (excludes halogenated alkanes) is 1. The Morgan fingerprint density at radius 2 is 2.06 bits per heavy atom. The lowest BCUT2D eigenvalue weighted by Crippen LogP contribution is -2.09. The predicted octanol–water partition coefficient (Wildman–Crippen LogP) is 3.01. The van der Waals surface area contributed by atoms with E-state index in [4.69, 9.17) is 9.47 Å². The number of rotatable bonds is 7. The van der Waals surface area contributed by atoms with E-state index < -0.39 is 0 Å². The van der Waals surface area contributed by atoms with Gasteiger partial charge in [0.15, 0.2) is 5.78 Å². The first kappa shape index (κ1) is 13.1. The van der Waals surface area contributed by atoms with E-state index in [1.165, 1.54) is 0 Å². The van der Waals surface area contributed by atoms with Crippen molar-refractivity contribution in [2.24, 2.45) is 0 Å². The average Bonchev–Trinajstić information content (AvgIpc) is 2.76. The lowest BCUT2D eigenvalue weighted by molar-refractivity contribution is 0.0943. The van der Waals surface area contributed by atoms with Gasteiger partial charge < -0.3 is 9.47 Å². The highest BCUT2D eigenvalue weighted by Gasteiger charge is 2.23. The molecular formula is C15H20O3. The lowest BCUT2D eigenvalue weighted by atomic mass is 10.1. The number of carbonyl (C=O) groups excluding carboxylic acids is 1. The highest BCUT2D eigenvalue weighted by atomic mass is 16.5. The van der Waals surface area contributed by atoms with Crippen LogP contribution in [0.3, 0.4) is 0 Å². The molecule has 0 unspecified atom stereocenters. The molecule has 1 aliphatic rings. The summed E-state index contributed by atoms with van der Waals surface area (Å²) in [5.41, 5.74) is 1.90. The largest absolute Gasteiger partial charge is 0.490 e. The van der Waals surface area contributed by atoms with E-state index in [1.807, 2.05) is 18.2 Å². The van der Waals surface area contributed by atoms with Gasteiger partial charge in [0.05, 0.1) is 12.2 Å². The van der Waals surface area contributed by atoms with Gasteiger partial charge in [0.1, 0.15) is 12.4 Å². The monoisotopic (exact) mass is 248 g/mol. The molecule has 1 aromatic carbocycles. The van der Waals surface area contributed by atoms with E-state index in [2.05, 4.69) is 6.92 Å². The molecule has 1 aliphatic carbocycles. The minimum Gasteiger partial charge on any atom is -0.490 e. The second-order valence-corrected chi connectivity index (χ2v) is 4.53. The van der Waals surface area contributed by atoms with Gasteiger partial charge in [-0.3, -0.25) is 4.79 Å². The lowest BCUT2D eigenvalue weighted by Gasteiger charge is -2.10. The summed E-state index contributed by atoms with van der Waals surface area (Å²) in [4.78, 5) is 11.7. The number of hydrogen-bond donors (Lipinski definition) is 0. The molecule has 1 aromatic rings. The van der Waals surface area contributed by atoms with E-state index in [0.717, 1.165) is 37.0 Å². The van der Waals surface area contributed by atoms with E-state index >= 15 is 0 Å². The van der Waals surface area contributed by atoms with Crippen molar-refractivity contribution in [1.29, 1.82) is 0 Å². The van der Waals surface area contributed by atoms with E-state index in [9.17, 15) is 4.79 Å². The van der Waals surface area contributed by atoms with Crippen molar-refractivity contribution in [3.05, 3.63) is 29.3 Å². The Balaban J connectivity index is 1.83. The van der Waals surface area contributed by atoms with Crippen molar-refractivity contribution in [2.75, 3.05) is 19.8 Å². The first-order chi connectivity index (χ1) is 8.83. The summed E-state index contributed by atoms with van der Waals surface area (Å²) in [5.74, 6) is 0.918. The van der Waals surface area contributed by atoms with Crippen LogP contribution in [0.15, 0.2) is 18.2 Å². The standard InChI is InChI=1S/C15H20O3/c1-2-3-9-17-10-11-18-14-6-4-5-12-7-8-13(16)15(12)14/h4-6H,2-3,7-11H2,1H3. The quantitative estimate of drug-likeness (QED) is 0.696. The van der Waals surface area contributed by atoms with Crippen LogP contribution in [0.4, 0.5) is 0 Å². The average molecular weight is 248 g/mol. The zero-order chi connectivity index (χ0) is 12.8. The van der Waals surface area contributed by atoms with Gasteiger partial charge in [0.2, 0.25) is 0 Å². The summed E-state index contributed by atoms with van der Waals surface area (Å²) in [5, 5.41) is 0. The number of ether oxygens (including phenoxy) is 2. The van der Waals surface area contributed by atoms with Gasteiger partial charge in [-0.2, -0.15) is 0 Å². The van der Waals surface area contributed by atoms with Crippen LogP contribution in [-0.4, -0.2) is 25.6 Å². The van der Waals surface area contributed by atoms with Crippen LogP contribution in [0, 0.1) is 0 Å². The fraction of sp³-hybridized carbons (Fsp3) is 0.533. The van der Waals surface area contributed by atoms with Crippen LogP contribution in [0.1, 0.15) is 42.1 Å². The topological polar surface area (TPSA) is 35.5 Å². The second-order valence-electron chi connectivity index (χ2n) is 4.53. The molecule has 0 amide bonds. The van der Waals surface area contributed by atoms with E-state index in [1.54, 1.807) is 0 Å². The van der Waals surface area contributed by atoms with Crippen molar-refractivity contribution < 1.29 is 14.3 Å². The number of Topliss-reactive ketones (excluding diaryl/α,β-unsaturated/α-hetero) is 1. The molecule has 18 heavy (non-hydrogen) atoms. The number of ketones is 1. The smallest absolute Gasteiger partial charge is 0.167 e. The third-order valence-corrected chi connectivity index (χ3v) is 3.14. The zero-order valence-corrected chi connectivity index (χ0v) is 10.9. The second kappa shape index (κ2) is 6.55. The van der Waals surface area contributed by atoms with Gasteiger partial charge in [0.25, 0.3) is 0 Å². The van der Waals surface area contributed by atoms with Gasteiger partial charge >= 0.3 is 0 Å². The van der Waals surface area contributed by atoms with Crippen molar-refractivity contribution in [3.63, 3.8) is 0 Å². The van der Waals surface area contributed by atoms with Gasteiger partial charge in [0, 0.05) is 13.0 Å². The molecule has 3 nitrogen and oxygen atoms in total. The Morgan fingerprint density at radius 3 is 2.89 bits per heavy atom. The van der Waals surface area contributed by atoms with Crippen molar-refractivity contribution in [3.8, 4) is 5.75 Å². The fourth-order valence-corrected chi connectivity index (χ4v) is 2.15. The summed E-state index contributed by atoms with van der Waals surface area (Å²) >= 11 is 0. The minimum absolute atomic E-state index is 0.201. The number of carbonyl (C=O) groups is 1. The minimum atomic E-state index is 0.201. The van der Waals surface area contributed by atoms with Crippen LogP contribution in [-0.2, 0) is 11.2 Å². The molecule has 0 saturated carbocycles. The van der Waals surface area contributed by atoms with Crippen LogP contribution < -0.4 is 4.74 Å². The summed E-state index contributed by atoms with van der Waals surface area (Å²) in [7, 11) is 0. The van der Waals surface area contributed by atoms with E-state index in [-0.39, 0.29) is 5.78 Å². The van der Waals surface area contributed by atoms with Crippen molar-refractivity contribution in [1.82, 2.24) is 0 Å². The van der Waals surface area contributed by atoms with Crippen LogP contribution >= 0.6 is 0 Å². The molecule has 0 bridgehead atoms. The fourth-order valence-electron chi connectivity index (χ4n) is 2.15. The Kier molecular flexibility index (Phi) is 4.76. The van der Waals surface area contributed by atoms with Gasteiger partial charge in [-0.25, -0.2) is 0 Å². The highest BCUT2D eigenvalue weighted by Crippen LogP contribution is 2.30. The first-order valence-corrected chi connectivity index (χ1v) is 6.68. The van der Waals surface area contributed by atoms with Crippen LogP contribution in [0.5, 0.6) is 5.75 Å². The molecule has 2 rings (SSSR count). The summed E-state index contributed by atoms with van der Waals surface area (Å²) < 4.78 is 11.1. The molecule has 0 aliphatic heterocycles. The molecular weight excluding hydrogens is 228 g/mol. The molecule has 0 atom stereocenters. The van der Waals surface area contributed by atoms with Gasteiger partial charge in [-0.15, -0.1) is 0 Å². The highest BCUT2D eigenvalue weighted by molar-refractivity contribution is 6.02. The van der Waals surface area contributed by atoms with Crippen molar-refractivity contribution >= 4 is 5.78 Å². The van der Waals surface area contributed by atoms with Gasteiger partial charge in [-0.1, -0.05) is 25.5 Å². The molecule has 0 radical (unpaired) electrons. The third-order valence-electron chi connectivity index (χ3n) is 3.14. The molecule has 0 N–H and O–H groups in total. The van der Waals surface area contributed by atoms with Gasteiger partial charge in [-0.05, 0) is 24.5 Å². The Labute approximate surface area is 108 Å². The van der Waals surface area contributed by atoms with E-state index in [0.29, 0.717) is 25.4 Å². The van der Waals surface area contributed by atoms with Crippen LogP contribution in [0.25, 0.3) is 0 Å². The summed E-state index contributed by atoms with van der Waals surface area (Å²) in [6.45, 7) is 4.01. The Morgan fingerprint density at radius 1 is 1.17 bits per heavy atom. The molecule has 0 heterocycles. The number of aryl methyl sites for hydroxylation is 1. The molecule has 0 spiro atoms. The summed E-state index contributed by atoms with van der Waals surface area (Å²) in [6, 6.07) is 5.82. The Hall–Kier alpha value is -1.35. The van der Waals surface area contributed by atoms with Crippen LogP contribution in [0.2, 0.25) is 0 Å². The maximum atomic E-state index is 11.7. The normalized spacial score (nSPS) is 13.7. The molecule has 0 saturated heterocycles. The predicted molar refractivity (Wildman–Crippen MR) is 70.3 cm³/mol. The Bertz CT molecular complexity index is 412. The SMILES string of the molecule is CCCCOCCOc1cccc2c1C(=O)CC2. The first-order valence-electron chi connectivity index (χ1n) is 6.68. The zero-order valence-electron chi connectivity index (χ0n) is 10.9. The third kappa shape index (κ3) is 3.10. The maximum Gasteiger partial charge on any atom is 0.167 e. The molecule has 3 heteroatoms. The molecule has 0 aromatic heterocycles.